The van der Waals surface area contributed by atoms with Crippen molar-refractivity contribution in [2.24, 2.45) is 0 Å². The van der Waals surface area contributed by atoms with Crippen molar-refractivity contribution in [1.29, 1.82) is 0 Å². The van der Waals surface area contributed by atoms with Crippen LogP contribution in [-0.4, -0.2) is 61.1 Å². The monoisotopic (exact) mass is 280 g/mol. The molecule has 7 nitrogen and oxygen atoms in total. The van der Waals surface area contributed by atoms with E-state index in [4.69, 9.17) is 9.47 Å². The van der Waals surface area contributed by atoms with Gasteiger partial charge in [-0.05, 0) is 13.0 Å². The lowest BCUT2D eigenvalue weighted by Crippen LogP contribution is -2.31. The van der Waals surface area contributed by atoms with Crippen LogP contribution in [-0.2, 0) is 4.74 Å². The highest BCUT2D eigenvalue weighted by molar-refractivity contribution is 5.68. The van der Waals surface area contributed by atoms with Crippen LogP contribution in [0.4, 0.5) is 10.6 Å². The Labute approximate surface area is 118 Å². The van der Waals surface area contributed by atoms with Gasteiger partial charge in [0.25, 0.3) is 0 Å². The first-order valence-electron chi connectivity index (χ1n) is 6.69. The van der Waals surface area contributed by atoms with Crippen molar-refractivity contribution in [3.63, 3.8) is 0 Å². The van der Waals surface area contributed by atoms with Crippen molar-refractivity contribution in [2.75, 3.05) is 38.7 Å². The summed E-state index contributed by atoms with van der Waals surface area (Å²) in [4.78, 5) is 15.1. The quantitative estimate of drug-likeness (QED) is 0.824. The molecule has 1 aliphatic rings. The molecule has 0 N–H and O–H groups in total. The smallest absolute Gasteiger partial charge is 0.409 e. The third-order valence-corrected chi connectivity index (χ3v) is 3.04. The van der Waals surface area contributed by atoms with Crippen molar-refractivity contribution in [3.8, 4) is 5.88 Å². The molecule has 0 saturated carbocycles. The molecule has 20 heavy (non-hydrogen) atoms. The highest BCUT2D eigenvalue weighted by Gasteiger charge is 2.28. The predicted octanol–water partition coefficient (Wildman–Crippen LogP) is 1.15. The molecule has 2 rings (SSSR count). The molecule has 110 valence electrons. The predicted molar refractivity (Wildman–Crippen MR) is 74.0 cm³/mol. The zero-order valence-electron chi connectivity index (χ0n) is 12.1. The Hall–Kier alpha value is -2.05. The maximum absolute atomic E-state index is 11.6. The number of carbonyl (C=O) groups is 1. The number of aromatic nitrogens is 2. The van der Waals surface area contributed by atoms with E-state index in [2.05, 4.69) is 10.2 Å². The van der Waals surface area contributed by atoms with E-state index < -0.39 is 0 Å². The molecular formula is C13H20N4O3. The average Bonchev–Trinajstić information content (AvgIpc) is 2.88. The number of ether oxygens (including phenoxy) is 2. The van der Waals surface area contributed by atoms with Crippen LogP contribution in [0.3, 0.4) is 0 Å². The van der Waals surface area contributed by atoms with E-state index in [1.54, 1.807) is 17.9 Å². The summed E-state index contributed by atoms with van der Waals surface area (Å²) < 4.78 is 10.7. The average molecular weight is 280 g/mol. The first kappa shape index (κ1) is 14.4. The minimum Gasteiger partial charge on any atom is -0.471 e. The van der Waals surface area contributed by atoms with Gasteiger partial charge in [0.2, 0.25) is 5.88 Å². The van der Waals surface area contributed by atoms with Crippen molar-refractivity contribution < 1.29 is 14.3 Å². The third kappa shape index (κ3) is 3.49. The Morgan fingerprint density at radius 1 is 1.45 bits per heavy atom. The topological polar surface area (TPSA) is 67.8 Å². The lowest BCUT2D eigenvalue weighted by Gasteiger charge is -2.16. The fourth-order valence-electron chi connectivity index (χ4n) is 1.99. The van der Waals surface area contributed by atoms with Crippen LogP contribution >= 0.6 is 0 Å². The van der Waals surface area contributed by atoms with Gasteiger partial charge in [-0.3, -0.25) is 0 Å². The van der Waals surface area contributed by atoms with Crippen molar-refractivity contribution >= 4 is 11.9 Å². The summed E-state index contributed by atoms with van der Waals surface area (Å²) in [6.45, 7) is 3.35. The highest BCUT2D eigenvalue weighted by atomic mass is 16.6. The van der Waals surface area contributed by atoms with Gasteiger partial charge in [0.15, 0.2) is 5.82 Å². The summed E-state index contributed by atoms with van der Waals surface area (Å²) in [5.41, 5.74) is 0. The van der Waals surface area contributed by atoms with E-state index in [0.717, 1.165) is 12.2 Å². The van der Waals surface area contributed by atoms with Crippen LogP contribution < -0.4 is 9.64 Å². The Balaban J connectivity index is 1.87. The Bertz CT molecular complexity index is 449. The fraction of sp³-hybridized carbons (Fsp3) is 0.615. The van der Waals surface area contributed by atoms with Gasteiger partial charge in [-0.25, -0.2) is 4.79 Å². The van der Waals surface area contributed by atoms with E-state index in [9.17, 15) is 4.79 Å². The molecule has 1 atom stereocenters. The maximum Gasteiger partial charge on any atom is 0.409 e. The molecule has 0 bridgehead atoms. The second-order valence-electron chi connectivity index (χ2n) is 4.80. The Kier molecular flexibility index (Phi) is 4.60. The number of likely N-dealkylation sites (tertiary alicyclic amines) is 1. The second kappa shape index (κ2) is 6.40. The van der Waals surface area contributed by atoms with E-state index in [1.165, 1.54) is 0 Å². The van der Waals surface area contributed by atoms with Crippen molar-refractivity contribution in [1.82, 2.24) is 15.1 Å². The number of hydrogen-bond acceptors (Lipinski definition) is 6. The fourth-order valence-corrected chi connectivity index (χ4v) is 1.99. The van der Waals surface area contributed by atoms with Gasteiger partial charge in [0, 0.05) is 33.1 Å². The van der Waals surface area contributed by atoms with E-state index in [0.29, 0.717) is 25.6 Å². The third-order valence-electron chi connectivity index (χ3n) is 3.04. The minimum absolute atomic E-state index is 0.0566. The summed E-state index contributed by atoms with van der Waals surface area (Å²) in [6, 6.07) is 3.63. The number of nitrogens with zero attached hydrogens (tertiary/aromatic N) is 4. The maximum atomic E-state index is 11.6. The molecule has 0 aliphatic carbocycles. The summed E-state index contributed by atoms with van der Waals surface area (Å²) in [5, 5.41) is 8.07. The summed E-state index contributed by atoms with van der Waals surface area (Å²) >= 11 is 0. The largest absolute Gasteiger partial charge is 0.471 e. The molecule has 1 aromatic heterocycles. The number of amides is 1. The molecule has 1 aromatic rings. The first-order chi connectivity index (χ1) is 9.60. The van der Waals surface area contributed by atoms with Crippen LogP contribution in [0.2, 0.25) is 0 Å². The second-order valence-corrected chi connectivity index (χ2v) is 4.80. The molecule has 0 radical (unpaired) electrons. The molecule has 1 unspecified atom stereocenters. The van der Waals surface area contributed by atoms with Crippen LogP contribution in [0, 0.1) is 0 Å². The Morgan fingerprint density at radius 3 is 2.85 bits per heavy atom. The summed E-state index contributed by atoms with van der Waals surface area (Å²) in [5.74, 6) is 1.25. The van der Waals surface area contributed by atoms with E-state index >= 15 is 0 Å². The number of rotatable bonds is 4. The number of anilines is 1. The Morgan fingerprint density at radius 2 is 2.25 bits per heavy atom. The van der Waals surface area contributed by atoms with Gasteiger partial charge in [-0.2, -0.15) is 0 Å². The summed E-state index contributed by atoms with van der Waals surface area (Å²) in [6.07, 6.45) is 0.433. The van der Waals surface area contributed by atoms with Crippen LogP contribution in [0.15, 0.2) is 12.1 Å². The van der Waals surface area contributed by atoms with Gasteiger partial charge >= 0.3 is 6.09 Å². The lowest BCUT2D eigenvalue weighted by atomic mass is 10.3. The molecule has 1 fully saturated rings. The molecule has 0 spiro atoms. The zero-order chi connectivity index (χ0) is 14.5. The molecule has 1 saturated heterocycles. The normalized spacial score (nSPS) is 17.9. The minimum atomic E-state index is -0.285. The zero-order valence-corrected chi connectivity index (χ0v) is 12.1. The number of carbonyl (C=O) groups excluding carboxylic acids is 1. The summed E-state index contributed by atoms with van der Waals surface area (Å²) in [7, 11) is 3.80. The van der Waals surface area contributed by atoms with Crippen molar-refractivity contribution in [3.05, 3.63) is 12.1 Å². The first-order valence-corrected chi connectivity index (χ1v) is 6.69. The van der Waals surface area contributed by atoms with Gasteiger partial charge < -0.3 is 19.3 Å². The van der Waals surface area contributed by atoms with Gasteiger partial charge in [0.1, 0.15) is 6.10 Å². The lowest BCUT2D eigenvalue weighted by molar-refractivity contribution is 0.109. The van der Waals surface area contributed by atoms with Crippen LogP contribution in [0.25, 0.3) is 0 Å². The molecular weight excluding hydrogens is 260 g/mol. The molecule has 1 amide bonds. The van der Waals surface area contributed by atoms with Gasteiger partial charge in [-0.15, -0.1) is 10.2 Å². The standard InChI is InChI=1S/C13H20N4O3/c1-4-19-13(18)17-8-7-10(9-17)20-12-6-5-11(14-15-12)16(2)3/h5-6,10H,4,7-9H2,1-3H3. The van der Waals surface area contributed by atoms with Crippen LogP contribution in [0.1, 0.15) is 13.3 Å². The number of hydrogen-bond donors (Lipinski definition) is 0. The molecule has 7 heteroatoms. The van der Waals surface area contributed by atoms with E-state index in [-0.39, 0.29) is 12.2 Å². The van der Waals surface area contributed by atoms with Crippen LogP contribution in [0.5, 0.6) is 5.88 Å². The van der Waals surface area contributed by atoms with E-state index in [1.807, 2.05) is 25.1 Å². The molecule has 0 aromatic carbocycles. The SMILES string of the molecule is CCOC(=O)N1CCC(Oc2ccc(N(C)C)nn2)C1. The molecule has 2 heterocycles. The molecule has 1 aliphatic heterocycles. The highest BCUT2D eigenvalue weighted by Crippen LogP contribution is 2.18. The van der Waals surface area contributed by atoms with Crippen molar-refractivity contribution in [2.45, 2.75) is 19.4 Å². The van der Waals surface area contributed by atoms with Gasteiger partial charge in [-0.1, -0.05) is 0 Å². The van der Waals surface area contributed by atoms with Gasteiger partial charge in [0.05, 0.1) is 13.2 Å².